The van der Waals surface area contributed by atoms with E-state index in [2.05, 4.69) is 15.5 Å². The predicted octanol–water partition coefficient (Wildman–Crippen LogP) is 3.91. The third-order valence-corrected chi connectivity index (χ3v) is 4.03. The molecule has 0 aliphatic carbocycles. The van der Waals surface area contributed by atoms with Crippen LogP contribution in [0.3, 0.4) is 0 Å². The summed E-state index contributed by atoms with van der Waals surface area (Å²) in [6.45, 7) is 1.73. The minimum Gasteiger partial charge on any atom is -0.411 e. The van der Waals surface area contributed by atoms with Gasteiger partial charge in [-0.2, -0.15) is 0 Å². The predicted molar refractivity (Wildman–Crippen MR) is 90.2 cm³/mol. The molecule has 122 valence electrons. The van der Waals surface area contributed by atoms with E-state index in [1.807, 2.05) is 30.3 Å². The third-order valence-electron chi connectivity index (χ3n) is 3.22. The van der Waals surface area contributed by atoms with E-state index in [0.29, 0.717) is 22.4 Å². The first kappa shape index (κ1) is 16.2. The number of thioether (sulfide) groups is 1. The van der Waals surface area contributed by atoms with Gasteiger partial charge in [-0.15, -0.1) is 10.2 Å². The van der Waals surface area contributed by atoms with E-state index in [1.54, 1.807) is 6.92 Å². The van der Waals surface area contributed by atoms with Gasteiger partial charge in [-0.1, -0.05) is 30.0 Å². The smallest absolute Gasteiger partial charge is 0.277 e. The Morgan fingerprint density at radius 1 is 1.21 bits per heavy atom. The third kappa shape index (κ3) is 3.99. The van der Waals surface area contributed by atoms with Gasteiger partial charge < -0.3 is 9.73 Å². The zero-order valence-electron chi connectivity index (χ0n) is 12.8. The van der Waals surface area contributed by atoms with Crippen LogP contribution in [0.1, 0.15) is 5.56 Å². The summed E-state index contributed by atoms with van der Waals surface area (Å²) in [6, 6.07) is 13.6. The fourth-order valence-corrected chi connectivity index (χ4v) is 2.61. The van der Waals surface area contributed by atoms with Crippen molar-refractivity contribution >= 4 is 23.4 Å². The monoisotopic (exact) mass is 343 g/mol. The molecule has 3 aromatic rings. The number of nitrogens with zero attached hydrogens (tertiary/aromatic N) is 2. The molecule has 1 amide bonds. The molecule has 0 bridgehead atoms. The average molecular weight is 343 g/mol. The Bertz CT molecular complexity index is 852. The Morgan fingerprint density at radius 3 is 2.75 bits per heavy atom. The van der Waals surface area contributed by atoms with Crippen molar-refractivity contribution in [3.8, 4) is 11.5 Å². The highest BCUT2D eigenvalue weighted by Gasteiger charge is 2.12. The number of benzene rings is 2. The zero-order valence-corrected chi connectivity index (χ0v) is 13.6. The van der Waals surface area contributed by atoms with Crippen LogP contribution in [0.4, 0.5) is 10.1 Å². The molecular weight excluding hydrogens is 329 g/mol. The minimum atomic E-state index is -0.334. The van der Waals surface area contributed by atoms with Gasteiger partial charge in [0.15, 0.2) is 0 Å². The van der Waals surface area contributed by atoms with Gasteiger partial charge >= 0.3 is 0 Å². The Morgan fingerprint density at radius 2 is 2.00 bits per heavy atom. The minimum absolute atomic E-state index is 0.118. The first-order chi connectivity index (χ1) is 11.6. The normalized spacial score (nSPS) is 10.6. The number of anilines is 1. The molecule has 0 atom stereocenters. The van der Waals surface area contributed by atoms with Crippen LogP contribution in [-0.4, -0.2) is 21.9 Å². The second kappa shape index (κ2) is 7.27. The number of nitrogens with one attached hydrogen (secondary N) is 1. The van der Waals surface area contributed by atoms with Crippen LogP contribution in [0.15, 0.2) is 58.2 Å². The molecule has 1 heterocycles. The molecule has 3 rings (SSSR count). The molecule has 0 aliphatic heterocycles. The van der Waals surface area contributed by atoms with Crippen molar-refractivity contribution < 1.29 is 13.6 Å². The summed E-state index contributed by atoms with van der Waals surface area (Å²) in [6.07, 6.45) is 0. The second-order valence-electron chi connectivity index (χ2n) is 5.04. The van der Waals surface area contributed by atoms with E-state index in [9.17, 15) is 9.18 Å². The quantitative estimate of drug-likeness (QED) is 0.711. The lowest BCUT2D eigenvalue weighted by Crippen LogP contribution is -2.14. The molecule has 0 saturated carbocycles. The number of amides is 1. The highest BCUT2D eigenvalue weighted by Crippen LogP contribution is 2.23. The molecule has 0 aliphatic rings. The number of carbonyl (C=O) groups excluding carboxylic acids is 1. The van der Waals surface area contributed by atoms with E-state index >= 15 is 0 Å². The van der Waals surface area contributed by atoms with Gasteiger partial charge in [0.25, 0.3) is 5.22 Å². The Labute approximate surface area is 142 Å². The molecule has 5 nitrogen and oxygen atoms in total. The molecule has 0 radical (unpaired) electrons. The van der Waals surface area contributed by atoms with Gasteiger partial charge in [0.1, 0.15) is 5.82 Å². The van der Waals surface area contributed by atoms with E-state index in [1.165, 1.54) is 18.2 Å². The topological polar surface area (TPSA) is 68.0 Å². The van der Waals surface area contributed by atoms with E-state index in [-0.39, 0.29) is 17.5 Å². The SMILES string of the molecule is Cc1cc(F)ccc1NC(=O)CSc1nnc(-c2ccccc2)o1. The van der Waals surface area contributed by atoms with E-state index in [4.69, 9.17) is 4.42 Å². The Balaban J connectivity index is 1.58. The van der Waals surface area contributed by atoms with Crippen LogP contribution < -0.4 is 5.32 Å². The molecule has 0 spiro atoms. The van der Waals surface area contributed by atoms with Crippen molar-refractivity contribution in [2.45, 2.75) is 12.1 Å². The molecule has 2 aromatic carbocycles. The highest BCUT2D eigenvalue weighted by molar-refractivity contribution is 7.99. The summed E-state index contributed by atoms with van der Waals surface area (Å²) < 4.78 is 18.6. The first-order valence-electron chi connectivity index (χ1n) is 7.19. The van der Waals surface area contributed by atoms with Gasteiger partial charge in [-0.25, -0.2) is 4.39 Å². The summed E-state index contributed by atoms with van der Waals surface area (Å²) in [7, 11) is 0. The molecule has 24 heavy (non-hydrogen) atoms. The number of hydrogen-bond acceptors (Lipinski definition) is 5. The number of aromatic nitrogens is 2. The largest absolute Gasteiger partial charge is 0.411 e. The molecule has 0 fully saturated rings. The summed E-state index contributed by atoms with van der Waals surface area (Å²) in [5, 5.41) is 10.9. The van der Waals surface area contributed by atoms with Gasteiger partial charge in [0.2, 0.25) is 11.8 Å². The molecule has 1 aromatic heterocycles. The molecule has 1 N–H and O–H groups in total. The van der Waals surface area contributed by atoms with Crippen molar-refractivity contribution in [3.63, 3.8) is 0 Å². The van der Waals surface area contributed by atoms with Crippen LogP contribution >= 0.6 is 11.8 Å². The van der Waals surface area contributed by atoms with Gasteiger partial charge in [-0.05, 0) is 42.8 Å². The van der Waals surface area contributed by atoms with Crippen LogP contribution in [0.2, 0.25) is 0 Å². The first-order valence-corrected chi connectivity index (χ1v) is 8.18. The highest BCUT2D eigenvalue weighted by atomic mass is 32.2. The summed E-state index contributed by atoms with van der Waals surface area (Å²) in [4.78, 5) is 12.0. The standard InChI is InChI=1S/C17H14FN3O2S/c1-11-9-13(18)7-8-14(11)19-15(22)10-24-17-21-20-16(23-17)12-5-3-2-4-6-12/h2-9H,10H2,1H3,(H,19,22). The fraction of sp³-hybridized carbons (Fsp3) is 0.118. The van der Waals surface area contributed by atoms with Crippen LogP contribution in [0.25, 0.3) is 11.5 Å². The van der Waals surface area contributed by atoms with Crippen molar-refractivity contribution in [1.82, 2.24) is 10.2 Å². The van der Waals surface area contributed by atoms with Crippen molar-refractivity contribution in [2.24, 2.45) is 0 Å². The zero-order chi connectivity index (χ0) is 16.9. The van der Waals surface area contributed by atoms with Gasteiger partial charge in [0, 0.05) is 11.3 Å². The fourth-order valence-electron chi connectivity index (χ4n) is 2.05. The van der Waals surface area contributed by atoms with Crippen LogP contribution in [-0.2, 0) is 4.79 Å². The lowest BCUT2D eigenvalue weighted by molar-refractivity contribution is -0.113. The maximum atomic E-state index is 13.1. The van der Waals surface area contributed by atoms with Gasteiger partial charge in [-0.3, -0.25) is 4.79 Å². The lowest BCUT2D eigenvalue weighted by Gasteiger charge is -2.07. The number of carbonyl (C=O) groups is 1. The van der Waals surface area contributed by atoms with E-state index < -0.39 is 0 Å². The summed E-state index contributed by atoms with van der Waals surface area (Å²) >= 11 is 1.15. The van der Waals surface area contributed by atoms with Crippen LogP contribution in [0.5, 0.6) is 0 Å². The maximum Gasteiger partial charge on any atom is 0.277 e. The molecule has 7 heteroatoms. The molecule has 0 saturated heterocycles. The van der Waals surface area contributed by atoms with E-state index in [0.717, 1.165) is 17.3 Å². The summed E-state index contributed by atoms with van der Waals surface area (Å²) in [5.41, 5.74) is 2.07. The average Bonchev–Trinajstić information content (AvgIpc) is 3.05. The van der Waals surface area contributed by atoms with Crippen molar-refractivity contribution in [1.29, 1.82) is 0 Å². The lowest BCUT2D eigenvalue weighted by atomic mass is 10.2. The second-order valence-corrected chi connectivity index (χ2v) is 5.96. The number of halogens is 1. The maximum absolute atomic E-state index is 13.1. The van der Waals surface area contributed by atoms with Gasteiger partial charge in [0.05, 0.1) is 5.75 Å². The summed E-state index contributed by atoms with van der Waals surface area (Å²) in [5.74, 6) is -0.0333. The van der Waals surface area contributed by atoms with Crippen LogP contribution in [0, 0.1) is 12.7 Å². The van der Waals surface area contributed by atoms with Crippen molar-refractivity contribution in [2.75, 3.05) is 11.1 Å². The van der Waals surface area contributed by atoms with Crippen molar-refractivity contribution in [3.05, 3.63) is 59.9 Å². The molecule has 0 unspecified atom stereocenters. The Kier molecular flexibility index (Phi) is 4.90. The Hall–Kier alpha value is -2.67. The number of aryl methyl sites for hydroxylation is 1. The number of rotatable bonds is 5. The molecular formula is C17H14FN3O2S. The number of hydrogen-bond donors (Lipinski definition) is 1.